The van der Waals surface area contributed by atoms with Crippen LogP contribution in [0, 0.1) is 0 Å². The van der Waals surface area contributed by atoms with E-state index in [0.717, 1.165) is 0 Å². The number of imidazole rings is 1. The first kappa shape index (κ1) is 10.9. The Kier molecular flexibility index (Phi) is 3.09. The Morgan fingerprint density at radius 1 is 1.69 bits per heavy atom. The maximum atomic E-state index is 11.8. The maximum Gasteiger partial charge on any atom is 0.256 e. The second-order valence-electron chi connectivity index (χ2n) is 3.28. The molecule has 0 aliphatic rings. The highest BCUT2D eigenvalue weighted by atomic mass is 79.9. The normalized spacial score (nSPS) is 12.4. The van der Waals surface area contributed by atoms with E-state index in [-0.39, 0.29) is 11.9 Å². The van der Waals surface area contributed by atoms with Crippen molar-refractivity contribution in [2.24, 2.45) is 0 Å². The molecule has 0 aliphatic carbocycles. The van der Waals surface area contributed by atoms with Gasteiger partial charge in [-0.1, -0.05) is 0 Å². The largest absolute Gasteiger partial charge is 0.457 e. The summed E-state index contributed by atoms with van der Waals surface area (Å²) in [5.74, 6) is 0.512. The van der Waals surface area contributed by atoms with Gasteiger partial charge >= 0.3 is 0 Å². The summed E-state index contributed by atoms with van der Waals surface area (Å²) < 4.78 is 5.42. The van der Waals surface area contributed by atoms with E-state index < -0.39 is 0 Å². The molecular formula is C10H10BrN3O2. The lowest BCUT2D eigenvalue weighted by molar-refractivity contribution is 0.0936. The first-order valence-corrected chi connectivity index (χ1v) is 5.51. The van der Waals surface area contributed by atoms with E-state index in [4.69, 9.17) is 4.42 Å². The summed E-state index contributed by atoms with van der Waals surface area (Å²) in [6.45, 7) is 1.85. The molecule has 16 heavy (non-hydrogen) atoms. The number of aromatic nitrogens is 2. The second-order valence-corrected chi connectivity index (χ2v) is 4.00. The summed E-state index contributed by atoms with van der Waals surface area (Å²) in [6.07, 6.45) is 4.81. The fourth-order valence-corrected chi connectivity index (χ4v) is 1.73. The summed E-state index contributed by atoms with van der Waals surface area (Å²) in [4.78, 5) is 18.8. The standard InChI is InChI=1S/C10H10BrN3O2/c1-6(9-12-3-4-13-9)14-10(15)7-2-5-16-8(7)11/h2-6H,1H3,(H,12,13)(H,14,15). The minimum absolute atomic E-state index is 0.177. The van der Waals surface area contributed by atoms with Gasteiger partial charge in [-0.05, 0) is 28.9 Å². The Labute approximate surface area is 100 Å². The quantitative estimate of drug-likeness (QED) is 0.908. The van der Waals surface area contributed by atoms with E-state index >= 15 is 0 Å². The molecular weight excluding hydrogens is 274 g/mol. The van der Waals surface area contributed by atoms with Crippen LogP contribution in [0.25, 0.3) is 0 Å². The minimum Gasteiger partial charge on any atom is -0.457 e. The lowest BCUT2D eigenvalue weighted by Gasteiger charge is -2.10. The van der Waals surface area contributed by atoms with Crippen LogP contribution >= 0.6 is 15.9 Å². The number of furan rings is 1. The third-order valence-electron chi connectivity index (χ3n) is 2.14. The number of H-pyrrole nitrogens is 1. The van der Waals surface area contributed by atoms with Crippen molar-refractivity contribution in [1.82, 2.24) is 15.3 Å². The van der Waals surface area contributed by atoms with Crippen LogP contribution in [0.1, 0.15) is 29.1 Å². The zero-order valence-corrected chi connectivity index (χ0v) is 10.1. The Balaban J connectivity index is 2.06. The molecule has 2 N–H and O–H groups in total. The van der Waals surface area contributed by atoms with Crippen LogP contribution in [0.5, 0.6) is 0 Å². The topological polar surface area (TPSA) is 70.9 Å². The molecule has 2 aromatic heterocycles. The molecule has 1 unspecified atom stereocenters. The molecule has 0 spiro atoms. The fraction of sp³-hybridized carbons (Fsp3) is 0.200. The zero-order valence-electron chi connectivity index (χ0n) is 8.53. The van der Waals surface area contributed by atoms with Gasteiger partial charge in [-0.3, -0.25) is 4.79 Å². The molecule has 2 aromatic rings. The summed E-state index contributed by atoms with van der Waals surface area (Å²) in [5, 5.41) is 2.80. The van der Waals surface area contributed by atoms with Gasteiger partial charge in [0.1, 0.15) is 5.82 Å². The van der Waals surface area contributed by atoms with Crippen molar-refractivity contribution < 1.29 is 9.21 Å². The SMILES string of the molecule is CC(NC(=O)c1ccoc1Br)c1ncc[nH]1. The van der Waals surface area contributed by atoms with Gasteiger partial charge in [0.05, 0.1) is 17.9 Å². The van der Waals surface area contributed by atoms with Crippen molar-refractivity contribution in [3.63, 3.8) is 0 Å². The highest BCUT2D eigenvalue weighted by Crippen LogP contribution is 2.18. The van der Waals surface area contributed by atoms with Crippen LogP contribution in [0.2, 0.25) is 0 Å². The van der Waals surface area contributed by atoms with Gasteiger partial charge in [-0.25, -0.2) is 4.98 Å². The van der Waals surface area contributed by atoms with Gasteiger partial charge in [-0.2, -0.15) is 0 Å². The molecule has 0 fully saturated rings. The fourth-order valence-electron chi connectivity index (χ4n) is 1.31. The number of carbonyl (C=O) groups excluding carboxylic acids is 1. The average Bonchev–Trinajstić information content (AvgIpc) is 2.86. The number of nitrogens with zero attached hydrogens (tertiary/aromatic N) is 1. The van der Waals surface area contributed by atoms with Gasteiger partial charge in [0.2, 0.25) is 0 Å². The van der Waals surface area contributed by atoms with Gasteiger partial charge in [0.25, 0.3) is 5.91 Å². The number of rotatable bonds is 3. The smallest absolute Gasteiger partial charge is 0.256 e. The molecule has 0 radical (unpaired) electrons. The molecule has 5 nitrogen and oxygen atoms in total. The van der Waals surface area contributed by atoms with Crippen LogP contribution in [0.3, 0.4) is 0 Å². The number of nitrogens with one attached hydrogen (secondary N) is 2. The lowest BCUT2D eigenvalue weighted by atomic mass is 10.2. The first-order chi connectivity index (χ1) is 7.68. The average molecular weight is 284 g/mol. The van der Waals surface area contributed by atoms with Crippen LogP contribution in [0.15, 0.2) is 33.8 Å². The van der Waals surface area contributed by atoms with Crippen molar-refractivity contribution in [2.45, 2.75) is 13.0 Å². The molecule has 0 saturated heterocycles. The summed E-state index contributed by atoms with van der Waals surface area (Å²) in [6, 6.07) is 1.43. The van der Waals surface area contributed by atoms with E-state index in [9.17, 15) is 4.79 Å². The summed E-state index contributed by atoms with van der Waals surface area (Å²) in [5.41, 5.74) is 0.471. The summed E-state index contributed by atoms with van der Waals surface area (Å²) >= 11 is 3.15. The minimum atomic E-state index is -0.204. The molecule has 1 atom stereocenters. The number of carbonyl (C=O) groups is 1. The molecule has 2 heterocycles. The Hall–Kier alpha value is -1.56. The summed E-state index contributed by atoms with van der Waals surface area (Å²) in [7, 11) is 0. The Bertz CT molecular complexity index is 478. The molecule has 2 rings (SSSR count). The maximum absolute atomic E-state index is 11.8. The van der Waals surface area contributed by atoms with Crippen molar-refractivity contribution in [2.75, 3.05) is 0 Å². The second kappa shape index (κ2) is 4.52. The molecule has 0 aromatic carbocycles. The predicted octanol–water partition coefficient (Wildman–Crippen LogP) is 2.26. The van der Waals surface area contributed by atoms with Crippen molar-refractivity contribution in [3.8, 4) is 0 Å². The number of aromatic amines is 1. The van der Waals surface area contributed by atoms with Crippen LogP contribution in [0.4, 0.5) is 0 Å². The third kappa shape index (κ3) is 2.16. The molecule has 0 aliphatic heterocycles. The van der Waals surface area contributed by atoms with Crippen LogP contribution in [-0.2, 0) is 0 Å². The van der Waals surface area contributed by atoms with E-state index in [1.54, 1.807) is 18.5 Å². The van der Waals surface area contributed by atoms with Crippen LogP contribution < -0.4 is 5.32 Å². The number of halogens is 1. The van der Waals surface area contributed by atoms with Crippen LogP contribution in [-0.4, -0.2) is 15.9 Å². The highest BCUT2D eigenvalue weighted by molar-refractivity contribution is 9.10. The number of amides is 1. The third-order valence-corrected chi connectivity index (χ3v) is 2.75. The van der Waals surface area contributed by atoms with Crippen molar-refractivity contribution in [1.29, 1.82) is 0 Å². The predicted molar refractivity (Wildman–Crippen MR) is 60.9 cm³/mol. The number of hydrogen-bond acceptors (Lipinski definition) is 3. The molecule has 1 amide bonds. The molecule has 0 saturated carbocycles. The van der Waals surface area contributed by atoms with E-state index in [1.807, 2.05) is 6.92 Å². The highest BCUT2D eigenvalue weighted by Gasteiger charge is 2.16. The Morgan fingerprint density at radius 3 is 3.06 bits per heavy atom. The van der Waals surface area contributed by atoms with Gasteiger partial charge in [-0.15, -0.1) is 0 Å². The molecule has 6 heteroatoms. The van der Waals surface area contributed by atoms with Crippen molar-refractivity contribution >= 4 is 21.8 Å². The van der Waals surface area contributed by atoms with E-state index in [2.05, 4.69) is 31.2 Å². The van der Waals surface area contributed by atoms with Gasteiger partial charge in [0.15, 0.2) is 4.67 Å². The molecule has 84 valence electrons. The van der Waals surface area contributed by atoms with E-state index in [1.165, 1.54) is 6.26 Å². The zero-order chi connectivity index (χ0) is 11.5. The van der Waals surface area contributed by atoms with E-state index in [0.29, 0.717) is 16.1 Å². The lowest BCUT2D eigenvalue weighted by Crippen LogP contribution is -2.27. The Morgan fingerprint density at radius 2 is 2.50 bits per heavy atom. The van der Waals surface area contributed by atoms with Gasteiger partial charge < -0.3 is 14.7 Å². The monoisotopic (exact) mass is 283 g/mol. The van der Waals surface area contributed by atoms with Gasteiger partial charge in [0, 0.05) is 12.4 Å². The van der Waals surface area contributed by atoms with Crippen molar-refractivity contribution in [3.05, 3.63) is 40.8 Å². The first-order valence-electron chi connectivity index (χ1n) is 4.71. The molecule has 0 bridgehead atoms. The number of hydrogen-bond donors (Lipinski definition) is 2.